The van der Waals surface area contributed by atoms with Gasteiger partial charge < -0.3 is 10.2 Å². The number of anilines is 2. The summed E-state index contributed by atoms with van der Waals surface area (Å²) in [7, 11) is 0. The summed E-state index contributed by atoms with van der Waals surface area (Å²) in [5.74, 6) is 0.450. The molecule has 2 aromatic carbocycles. The van der Waals surface area contributed by atoms with Crippen molar-refractivity contribution in [1.82, 2.24) is 15.3 Å². The minimum atomic E-state index is -0.171. The molecular formula is C22H21ClN4O. The number of hydrogen-bond donors (Lipinski definition) is 1. The van der Waals surface area contributed by atoms with Gasteiger partial charge in [-0.3, -0.25) is 4.79 Å². The molecule has 1 aromatic heterocycles. The highest BCUT2D eigenvalue weighted by Crippen LogP contribution is 2.36. The normalized spacial score (nSPS) is 15.4. The topological polar surface area (TPSA) is 58.1 Å². The maximum absolute atomic E-state index is 12.4. The van der Waals surface area contributed by atoms with E-state index in [2.05, 4.69) is 39.2 Å². The van der Waals surface area contributed by atoms with Crippen molar-refractivity contribution in [2.75, 3.05) is 11.4 Å². The van der Waals surface area contributed by atoms with Crippen molar-refractivity contribution in [1.29, 1.82) is 0 Å². The molecule has 1 N–H and O–H groups in total. The van der Waals surface area contributed by atoms with E-state index in [-0.39, 0.29) is 11.9 Å². The molecule has 0 radical (unpaired) electrons. The van der Waals surface area contributed by atoms with Gasteiger partial charge in [0, 0.05) is 35.7 Å². The molecule has 1 aliphatic heterocycles. The minimum Gasteiger partial charge on any atom is -0.352 e. The van der Waals surface area contributed by atoms with Crippen LogP contribution < -0.4 is 10.2 Å². The van der Waals surface area contributed by atoms with Crippen LogP contribution >= 0.6 is 11.6 Å². The largest absolute Gasteiger partial charge is 0.352 e. The van der Waals surface area contributed by atoms with Gasteiger partial charge in [0.1, 0.15) is 0 Å². The number of aromatic nitrogens is 2. The summed E-state index contributed by atoms with van der Waals surface area (Å²) >= 11 is 5.89. The van der Waals surface area contributed by atoms with Crippen molar-refractivity contribution in [3.63, 3.8) is 0 Å². The number of benzene rings is 2. The quantitative estimate of drug-likeness (QED) is 0.707. The van der Waals surface area contributed by atoms with Crippen LogP contribution in [-0.2, 0) is 12.8 Å². The summed E-state index contributed by atoms with van der Waals surface area (Å²) in [4.78, 5) is 23.4. The maximum atomic E-state index is 12.4. The van der Waals surface area contributed by atoms with Crippen molar-refractivity contribution in [2.45, 2.75) is 25.8 Å². The standard InChI is InChI=1S/C22H21ClN4O/c1-15-12-17-4-2-3-5-20(17)27(15)22-25-13-18(14-26-22)21(28)24-11-10-16-6-8-19(23)9-7-16/h2-9,13-15H,10-12H2,1H3,(H,24,28). The molecule has 2 heterocycles. The van der Waals surface area contributed by atoms with Crippen molar-refractivity contribution in [3.8, 4) is 0 Å². The molecule has 142 valence electrons. The fourth-order valence-electron chi connectivity index (χ4n) is 3.51. The molecule has 1 aliphatic rings. The zero-order valence-electron chi connectivity index (χ0n) is 15.6. The van der Waals surface area contributed by atoms with Crippen molar-refractivity contribution in [2.24, 2.45) is 0 Å². The maximum Gasteiger partial charge on any atom is 0.254 e. The van der Waals surface area contributed by atoms with Gasteiger partial charge in [0.15, 0.2) is 0 Å². The monoisotopic (exact) mass is 392 g/mol. The molecule has 0 aliphatic carbocycles. The van der Waals surface area contributed by atoms with E-state index in [1.165, 1.54) is 5.56 Å². The fraction of sp³-hybridized carbons (Fsp3) is 0.227. The molecule has 1 unspecified atom stereocenters. The Morgan fingerprint density at radius 1 is 1.14 bits per heavy atom. The van der Waals surface area contributed by atoms with E-state index in [4.69, 9.17) is 11.6 Å². The smallest absolute Gasteiger partial charge is 0.254 e. The molecule has 3 aromatic rings. The number of carbonyl (C=O) groups excluding carboxylic acids is 1. The van der Waals surface area contributed by atoms with Gasteiger partial charge >= 0.3 is 0 Å². The molecule has 5 nitrogen and oxygen atoms in total. The summed E-state index contributed by atoms with van der Waals surface area (Å²) in [5, 5.41) is 3.62. The minimum absolute atomic E-state index is 0.171. The van der Waals surface area contributed by atoms with Gasteiger partial charge in [-0.05, 0) is 49.1 Å². The summed E-state index contributed by atoms with van der Waals surface area (Å²) in [6.07, 6.45) is 4.89. The van der Waals surface area contributed by atoms with E-state index in [1.807, 2.05) is 36.4 Å². The van der Waals surface area contributed by atoms with Gasteiger partial charge in [-0.2, -0.15) is 0 Å². The highest BCUT2D eigenvalue weighted by molar-refractivity contribution is 6.30. The molecule has 28 heavy (non-hydrogen) atoms. The van der Waals surface area contributed by atoms with Crippen LogP contribution in [0.4, 0.5) is 11.6 Å². The lowest BCUT2D eigenvalue weighted by Crippen LogP contribution is -2.28. The summed E-state index contributed by atoms with van der Waals surface area (Å²) in [6, 6.07) is 16.2. The molecule has 4 rings (SSSR count). The molecule has 0 fully saturated rings. The molecule has 1 atom stereocenters. The number of para-hydroxylation sites is 1. The van der Waals surface area contributed by atoms with E-state index in [0.29, 0.717) is 23.1 Å². The second kappa shape index (κ2) is 7.98. The zero-order chi connectivity index (χ0) is 19.5. The number of rotatable bonds is 5. The van der Waals surface area contributed by atoms with Gasteiger partial charge in [0.2, 0.25) is 5.95 Å². The highest BCUT2D eigenvalue weighted by atomic mass is 35.5. The second-order valence-corrected chi connectivity index (χ2v) is 7.39. The Kier molecular flexibility index (Phi) is 5.26. The molecule has 0 spiro atoms. The lowest BCUT2D eigenvalue weighted by molar-refractivity contribution is 0.0953. The Morgan fingerprint density at radius 2 is 1.86 bits per heavy atom. The first kappa shape index (κ1) is 18.4. The number of amides is 1. The van der Waals surface area contributed by atoms with E-state index >= 15 is 0 Å². The Hall–Kier alpha value is -2.92. The van der Waals surface area contributed by atoms with Crippen molar-refractivity contribution < 1.29 is 4.79 Å². The SMILES string of the molecule is CC1Cc2ccccc2N1c1ncc(C(=O)NCCc2ccc(Cl)cc2)cn1. The first-order valence-corrected chi connectivity index (χ1v) is 9.71. The Morgan fingerprint density at radius 3 is 2.61 bits per heavy atom. The summed E-state index contributed by atoms with van der Waals surface area (Å²) in [6.45, 7) is 2.69. The van der Waals surface area contributed by atoms with Crippen LogP contribution in [0.3, 0.4) is 0 Å². The number of carbonyl (C=O) groups is 1. The van der Waals surface area contributed by atoms with Crippen molar-refractivity contribution in [3.05, 3.63) is 82.6 Å². The van der Waals surface area contributed by atoms with E-state index in [1.54, 1.807) is 12.4 Å². The van der Waals surface area contributed by atoms with Gasteiger partial charge in [-0.25, -0.2) is 9.97 Å². The van der Waals surface area contributed by atoms with E-state index < -0.39 is 0 Å². The fourth-order valence-corrected chi connectivity index (χ4v) is 3.63. The predicted octanol–water partition coefficient (Wildman–Crippen LogP) is 4.19. The molecule has 6 heteroatoms. The van der Waals surface area contributed by atoms with E-state index in [9.17, 15) is 4.79 Å². The van der Waals surface area contributed by atoms with Crippen LogP contribution in [0, 0.1) is 0 Å². The predicted molar refractivity (Wildman–Crippen MR) is 111 cm³/mol. The zero-order valence-corrected chi connectivity index (χ0v) is 16.4. The number of nitrogens with zero attached hydrogens (tertiary/aromatic N) is 3. The van der Waals surface area contributed by atoms with E-state index in [0.717, 1.165) is 24.1 Å². The second-order valence-electron chi connectivity index (χ2n) is 6.96. The Labute approximate surface area is 169 Å². The van der Waals surface area contributed by atoms with Gasteiger partial charge in [-0.1, -0.05) is 41.9 Å². The molecule has 0 bridgehead atoms. The van der Waals surface area contributed by atoms with Gasteiger partial charge in [0.25, 0.3) is 5.91 Å². The van der Waals surface area contributed by atoms with Crippen LogP contribution in [0.5, 0.6) is 0 Å². The first-order valence-electron chi connectivity index (χ1n) is 9.33. The number of hydrogen-bond acceptors (Lipinski definition) is 4. The number of nitrogens with one attached hydrogen (secondary N) is 1. The Bertz CT molecular complexity index is 973. The van der Waals surface area contributed by atoms with Gasteiger partial charge in [0.05, 0.1) is 5.56 Å². The highest BCUT2D eigenvalue weighted by Gasteiger charge is 2.28. The van der Waals surface area contributed by atoms with Crippen LogP contribution in [0.25, 0.3) is 0 Å². The van der Waals surface area contributed by atoms with Crippen LogP contribution in [0.15, 0.2) is 60.9 Å². The molecule has 1 amide bonds. The van der Waals surface area contributed by atoms with Crippen LogP contribution in [0.1, 0.15) is 28.4 Å². The third kappa shape index (κ3) is 3.85. The number of fused-ring (bicyclic) bond motifs is 1. The number of halogens is 1. The molecule has 0 saturated carbocycles. The van der Waals surface area contributed by atoms with Crippen molar-refractivity contribution >= 4 is 29.1 Å². The Balaban J connectivity index is 1.39. The average molecular weight is 393 g/mol. The molecular weight excluding hydrogens is 372 g/mol. The molecule has 0 saturated heterocycles. The summed E-state index contributed by atoms with van der Waals surface area (Å²) < 4.78 is 0. The third-order valence-corrected chi connectivity index (χ3v) is 5.19. The lowest BCUT2D eigenvalue weighted by Gasteiger charge is -2.22. The first-order chi connectivity index (χ1) is 13.6. The van der Waals surface area contributed by atoms with Crippen LogP contribution in [0.2, 0.25) is 5.02 Å². The lowest BCUT2D eigenvalue weighted by atomic mass is 10.1. The van der Waals surface area contributed by atoms with Gasteiger partial charge in [-0.15, -0.1) is 0 Å². The average Bonchev–Trinajstić information content (AvgIpc) is 3.05. The third-order valence-electron chi connectivity index (χ3n) is 4.94. The van der Waals surface area contributed by atoms with Crippen LogP contribution in [-0.4, -0.2) is 28.5 Å². The summed E-state index contributed by atoms with van der Waals surface area (Å²) in [5.41, 5.74) is 4.01.